The van der Waals surface area contributed by atoms with E-state index in [9.17, 15) is 14.0 Å². The Hall–Kier alpha value is -4.27. The molecule has 0 bridgehead atoms. The second-order valence-electron chi connectivity index (χ2n) is 6.66. The molecule has 2 amide bonds. The lowest BCUT2D eigenvalue weighted by Crippen LogP contribution is -2.41. The van der Waals surface area contributed by atoms with Gasteiger partial charge < -0.3 is 4.42 Å². The van der Waals surface area contributed by atoms with Gasteiger partial charge >= 0.3 is 0 Å². The molecule has 2 heterocycles. The van der Waals surface area contributed by atoms with Crippen molar-refractivity contribution in [1.29, 1.82) is 0 Å². The number of oxazole rings is 1. The lowest BCUT2D eigenvalue weighted by atomic mass is 10.1. The van der Waals surface area contributed by atoms with Gasteiger partial charge in [0.15, 0.2) is 11.7 Å². The molecule has 0 aliphatic carbocycles. The molecule has 2 aromatic heterocycles. The van der Waals surface area contributed by atoms with Crippen LogP contribution < -0.4 is 10.9 Å². The minimum absolute atomic E-state index is 0.0574. The Morgan fingerprint density at radius 1 is 1.00 bits per heavy atom. The maximum Gasteiger partial charge on any atom is 0.287 e. The van der Waals surface area contributed by atoms with Crippen LogP contribution in [0.3, 0.4) is 0 Å². The summed E-state index contributed by atoms with van der Waals surface area (Å²) in [6, 6.07) is 16.8. The smallest absolute Gasteiger partial charge is 0.287 e. The van der Waals surface area contributed by atoms with Crippen molar-refractivity contribution < 1.29 is 18.4 Å². The van der Waals surface area contributed by atoms with Crippen LogP contribution in [0.4, 0.5) is 4.39 Å². The average molecular weight is 419 g/mol. The van der Waals surface area contributed by atoms with Crippen LogP contribution in [-0.4, -0.2) is 27.0 Å². The molecule has 0 saturated heterocycles. The number of aromatic amines is 1. The number of hydrazine groups is 1. The first-order chi connectivity index (χ1) is 15.1. The van der Waals surface area contributed by atoms with Gasteiger partial charge in [0, 0.05) is 24.0 Å². The highest BCUT2D eigenvalue weighted by molar-refractivity contribution is 5.94. The van der Waals surface area contributed by atoms with Gasteiger partial charge in [0.2, 0.25) is 5.91 Å². The molecule has 8 nitrogen and oxygen atoms in total. The molecule has 0 atom stereocenters. The van der Waals surface area contributed by atoms with Gasteiger partial charge in [-0.3, -0.25) is 25.5 Å². The van der Waals surface area contributed by atoms with Gasteiger partial charge in [-0.05, 0) is 30.3 Å². The SMILES string of the molecule is O=C(CCc1ncc(-c2ccc(F)cc2)o1)NNC(=O)c1cc(-c2ccccc2)n[nH]1. The second-order valence-corrected chi connectivity index (χ2v) is 6.66. The summed E-state index contributed by atoms with van der Waals surface area (Å²) in [6.07, 6.45) is 1.82. The molecular formula is C22H18FN5O3. The third-order valence-electron chi connectivity index (χ3n) is 4.46. The first-order valence-electron chi connectivity index (χ1n) is 9.49. The third-order valence-corrected chi connectivity index (χ3v) is 4.46. The van der Waals surface area contributed by atoms with E-state index in [0.29, 0.717) is 22.9 Å². The van der Waals surface area contributed by atoms with Crippen molar-refractivity contribution in [2.24, 2.45) is 0 Å². The van der Waals surface area contributed by atoms with E-state index < -0.39 is 11.8 Å². The molecule has 4 aromatic rings. The molecule has 0 spiro atoms. The number of hydrogen-bond acceptors (Lipinski definition) is 5. The summed E-state index contributed by atoms with van der Waals surface area (Å²) in [4.78, 5) is 28.3. The minimum atomic E-state index is -0.516. The number of carbonyl (C=O) groups is 2. The summed E-state index contributed by atoms with van der Waals surface area (Å²) in [5, 5.41) is 6.75. The largest absolute Gasteiger partial charge is 0.441 e. The molecule has 156 valence electrons. The molecule has 0 unspecified atom stereocenters. The number of nitrogens with zero attached hydrogens (tertiary/aromatic N) is 2. The van der Waals surface area contributed by atoms with Gasteiger partial charge in [-0.25, -0.2) is 9.37 Å². The molecule has 0 aliphatic heterocycles. The van der Waals surface area contributed by atoms with Crippen LogP contribution in [0.1, 0.15) is 22.8 Å². The van der Waals surface area contributed by atoms with Gasteiger partial charge in [-0.2, -0.15) is 5.10 Å². The second kappa shape index (κ2) is 9.04. The van der Waals surface area contributed by atoms with Crippen molar-refractivity contribution in [3.8, 4) is 22.6 Å². The number of aromatic nitrogens is 3. The van der Waals surface area contributed by atoms with Crippen LogP contribution in [0.5, 0.6) is 0 Å². The zero-order valence-electron chi connectivity index (χ0n) is 16.3. The molecule has 0 radical (unpaired) electrons. The van der Waals surface area contributed by atoms with E-state index in [0.717, 1.165) is 5.56 Å². The van der Waals surface area contributed by atoms with Crippen molar-refractivity contribution in [2.75, 3.05) is 0 Å². The van der Waals surface area contributed by atoms with E-state index in [1.165, 1.54) is 18.3 Å². The number of halogens is 1. The lowest BCUT2D eigenvalue weighted by Gasteiger charge is -2.05. The van der Waals surface area contributed by atoms with E-state index in [1.54, 1.807) is 18.2 Å². The summed E-state index contributed by atoms with van der Waals surface area (Å²) in [7, 11) is 0. The van der Waals surface area contributed by atoms with Crippen LogP contribution in [0.2, 0.25) is 0 Å². The molecule has 9 heteroatoms. The summed E-state index contributed by atoms with van der Waals surface area (Å²) in [5.41, 5.74) is 7.08. The fourth-order valence-corrected chi connectivity index (χ4v) is 2.85. The van der Waals surface area contributed by atoms with Crippen LogP contribution in [-0.2, 0) is 11.2 Å². The van der Waals surface area contributed by atoms with E-state index in [1.807, 2.05) is 30.3 Å². The number of hydrogen-bond donors (Lipinski definition) is 3. The summed E-state index contributed by atoms with van der Waals surface area (Å²) in [6.45, 7) is 0. The Morgan fingerprint density at radius 3 is 2.55 bits per heavy atom. The Kier molecular flexibility index (Phi) is 5.84. The molecule has 3 N–H and O–H groups in total. The average Bonchev–Trinajstić information content (AvgIpc) is 3.47. The maximum atomic E-state index is 13.0. The molecular weight excluding hydrogens is 401 g/mol. The fraction of sp³-hybridized carbons (Fsp3) is 0.0909. The van der Waals surface area contributed by atoms with Gasteiger partial charge in [0.05, 0.1) is 11.9 Å². The zero-order valence-corrected chi connectivity index (χ0v) is 16.3. The number of rotatable bonds is 6. The Labute approximate surface area is 176 Å². The monoisotopic (exact) mass is 419 g/mol. The van der Waals surface area contributed by atoms with E-state index in [2.05, 4.69) is 26.0 Å². The van der Waals surface area contributed by atoms with Gasteiger partial charge in [-0.15, -0.1) is 0 Å². The number of aryl methyl sites for hydroxylation is 1. The highest BCUT2D eigenvalue weighted by atomic mass is 19.1. The van der Waals surface area contributed by atoms with Gasteiger partial charge in [0.1, 0.15) is 11.5 Å². The number of carbonyl (C=O) groups excluding carboxylic acids is 2. The summed E-state index contributed by atoms with van der Waals surface area (Å²) >= 11 is 0. The Morgan fingerprint density at radius 2 is 1.77 bits per heavy atom. The predicted octanol–water partition coefficient (Wildman–Crippen LogP) is 3.26. The number of H-pyrrole nitrogens is 1. The first-order valence-corrected chi connectivity index (χ1v) is 9.49. The van der Waals surface area contributed by atoms with E-state index >= 15 is 0 Å². The van der Waals surface area contributed by atoms with Gasteiger partial charge in [-0.1, -0.05) is 30.3 Å². The highest BCUT2D eigenvalue weighted by Crippen LogP contribution is 2.21. The van der Waals surface area contributed by atoms with Crippen LogP contribution in [0.25, 0.3) is 22.6 Å². The van der Waals surface area contributed by atoms with Crippen molar-refractivity contribution >= 4 is 11.8 Å². The van der Waals surface area contributed by atoms with E-state index in [4.69, 9.17) is 4.42 Å². The van der Waals surface area contributed by atoms with Crippen molar-refractivity contribution in [1.82, 2.24) is 26.0 Å². The standard InChI is InChI=1S/C22H18FN5O3/c23-16-8-6-15(7-9-16)19-13-24-21(31-19)11-10-20(29)27-28-22(30)18-12-17(25-26-18)14-4-2-1-3-5-14/h1-9,12-13H,10-11H2,(H,25,26)(H,27,29)(H,28,30). The summed E-state index contributed by atoms with van der Waals surface area (Å²) < 4.78 is 18.6. The van der Waals surface area contributed by atoms with Crippen molar-refractivity contribution in [2.45, 2.75) is 12.8 Å². The quantitative estimate of drug-likeness (QED) is 0.415. The molecule has 4 rings (SSSR count). The molecule has 0 fully saturated rings. The van der Waals surface area contributed by atoms with Crippen LogP contribution >= 0.6 is 0 Å². The number of nitrogens with one attached hydrogen (secondary N) is 3. The highest BCUT2D eigenvalue weighted by Gasteiger charge is 2.13. The third kappa shape index (κ3) is 5.02. The number of benzene rings is 2. The zero-order chi connectivity index (χ0) is 21.6. The van der Waals surface area contributed by atoms with Crippen LogP contribution in [0, 0.1) is 5.82 Å². The normalized spacial score (nSPS) is 10.6. The molecule has 2 aromatic carbocycles. The number of amides is 2. The maximum absolute atomic E-state index is 13.0. The first kappa shape index (κ1) is 20.0. The minimum Gasteiger partial charge on any atom is -0.441 e. The topological polar surface area (TPSA) is 113 Å². The van der Waals surface area contributed by atoms with Crippen molar-refractivity contribution in [3.05, 3.63) is 84.3 Å². The molecule has 0 saturated carbocycles. The molecule has 31 heavy (non-hydrogen) atoms. The Bertz CT molecular complexity index is 1190. The summed E-state index contributed by atoms with van der Waals surface area (Å²) in [5.74, 6) is -0.414. The fourth-order valence-electron chi connectivity index (χ4n) is 2.85. The van der Waals surface area contributed by atoms with Crippen LogP contribution in [0.15, 0.2) is 71.3 Å². The lowest BCUT2D eigenvalue weighted by molar-refractivity contribution is -0.121. The van der Waals surface area contributed by atoms with Crippen molar-refractivity contribution in [3.63, 3.8) is 0 Å². The Balaban J connectivity index is 1.26. The van der Waals surface area contributed by atoms with E-state index in [-0.39, 0.29) is 24.4 Å². The van der Waals surface area contributed by atoms with Gasteiger partial charge in [0.25, 0.3) is 5.91 Å². The predicted molar refractivity (Wildman–Crippen MR) is 110 cm³/mol. The molecule has 0 aliphatic rings.